The predicted octanol–water partition coefficient (Wildman–Crippen LogP) is 2.23. The minimum atomic E-state index is -0.509. The van der Waals surface area contributed by atoms with Crippen LogP contribution in [0.2, 0.25) is 0 Å². The molecule has 0 bridgehead atoms. The number of hydrogen-bond donors (Lipinski definition) is 3. The number of amides is 1. The molecule has 0 spiro atoms. The first-order valence-electron chi connectivity index (χ1n) is 7.17. The minimum Gasteiger partial charge on any atom is -0.409 e. The van der Waals surface area contributed by atoms with Gasteiger partial charge in [-0.25, -0.2) is 0 Å². The van der Waals surface area contributed by atoms with Crippen LogP contribution in [0.1, 0.15) is 59.3 Å². The van der Waals surface area contributed by atoms with E-state index in [9.17, 15) is 4.79 Å². The second kappa shape index (κ2) is 6.78. The standard InChI is InChI=1S/C14H27N3O2/c1-4-5-11(12(15)17-19)13(18)16-10-6-8-14(2,3)9-7-10/h10-11,19H,4-9H2,1-3H3,(H2,15,17)(H,16,18). The van der Waals surface area contributed by atoms with Gasteiger partial charge >= 0.3 is 0 Å². The van der Waals surface area contributed by atoms with Gasteiger partial charge in [-0.15, -0.1) is 0 Å². The molecule has 110 valence electrons. The maximum absolute atomic E-state index is 12.2. The zero-order valence-corrected chi connectivity index (χ0v) is 12.3. The van der Waals surface area contributed by atoms with Crippen molar-refractivity contribution in [3.8, 4) is 0 Å². The molecule has 1 unspecified atom stereocenters. The summed E-state index contributed by atoms with van der Waals surface area (Å²) in [5, 5.41) is 14.8. The summed E-state index contributed by atoms with van der Waals surface area (Å²) in [5.41, 5.74) is 5.98. The largest absolute Gasteiger partial charge is 0.409 e. The summed E-state index contributed by atoms with van der Waals surface area (Å²) in [6.07, 6.45) is 5.70. The van der Waals surface area contributed by atoms with Crippen molar-refractivity contribution in [1.82, 2.24) is 5.32 Å². The molecule has 0 aromatic heterocycles. The van der Waals surface area contributed by atoms with E-state index in [2.05, 4.69) is 24.3 Å². The summed E-state index contributed by atoms with van der Waals surface area (Å²) >= 11 is 0. The molecule has 0 aromatic carbocycles. The lowest BCUT2D eigenvalue weighted by molar-refractivity contribution is -0.124. The van der Waals surface area contributed by atoms with Gasteiger partial charge in [0.1, 0.15) is 0 Å². The Kier molecular flexibility index (Phi) is 5.63. The van der Waals surface area contributed by atoms with Gasteiger partial charge in [0.25, 0.3) is 0 Å². The number of oxime groups is 1. The normalized spacial score (nSPS) is 21.9. The summed E-state index contributed by atoms with van der Waals surface area (Å²) in [5.74, 6) is -0.609. The van der Waals surface area contributed by atoms with Gasteiger partial charge in [-0.1, -0.05) is 32.3 Å². The highest BCUT2D eigenvalue weighted by atomic mass is 16.4. The Morgan fingerprint density at radius 3 is 2.53 bits per heavy atom. The van der Waals surface area contributed by atoms with Crippen molar-refractivity contribution < 1.29 is 10.0 Å². The topological polar surface area (TPSA) is 87.7 Å². The van der Waals surface area contributed by atoms with Gasteiger partial charge in [-0.2, -0.15) is 0 Å². The minimum absolute atomic E-state index is 0.00971. The van der Waals surface area contributed by atoms with Crippen LogP contribution in [0.3, 0.4) is 0 Å². The SMILES string of the molecule is CCCC(C(=O)NC1CCC(C)(C)CC1)C(N)=NO. The first-order chi connectivity index (χ1) is 8.89. The van der Waals surface area contributed by atoms with Crippen LogP contribution >= 0.6 is 0 Å². The first kappa shape index (κ1) is 15.8. The van der Waals surface area contributed by atoms with Gasteiger partial charge in [-0.3, -0.25) is 4.79 Å². The molecule has 0 saturated heterocycles. The molecule has 19 heavy (non-hydrogen) atoms. The average Bonchev–Trinajstić information content (AvgIpc) is 2.37. The molecule has 0 aliphatic heterocycles. The Bertz CT molecular complexity index is 330. The van der Waals surface area contributed by atoms with Crippen LogP contribution < -0.4 is 11.1 Å². The highest BCUT2D eigenvalue weighted by Crippen LogP contribution is 2.35. The number of nitrogens with two attached hydrogens (primary N) is 1. The number of carbonyl (C=O) groups is 1. The third kappa shape index (κ3) is 4.73. The Morgan fingerprint density at radius 2 is 2.05 bits per heavy atom. The number of carbonyl (C=O) groups excluding carboxylic acids is 1. The van der Waals surface area contributed by atoms with E-state index < -0.39 is 5.92 Å². The summed E-state index contributed by atoms with van der Waals surface area (Å²) < 4.78 is 0. The molecule has 1 aliphatic carbocycles. The second-order valence-corrected chi connectivity index (χ2v) is 6.31. The van der Waals surface area contributed by atoms with E-state index >= 15 is 0 Å². The Labute approximate surface area is 115 Å². The quantitative estimate of drug-likeness (QED) is 0.309. The second-order valence-electron chi connectivity index (χ2n) is 6.31. The molecule has 1 aliphatic rings. The van der Waals surface area contributed by atoms with Gasteiger partial charge in [0, 0.05) is 6.04 Å². The molecular formula is C14H27N3O2. The average molecular weight is 269 g/mol. The monoisotopic (exact) mass is 269 g/mol. The van der Waals surface area contributed by atoms with Crippen LogP contribution in [0.15, 0.2) is 5.16 Å². The number of nitrogens with zero attached hydrogens (tertiary/aromatic N) is 1. The molecular weight excluding hydrogens is 242 g/mol. The molecule has 0 aromatic rings. The van der Waals surface area contributed by atoms with Crippen molar-refractivity contribution >= 4 is 11.7 Å². The van der Waals surface area contributed by atoms with Crippen LogP contribution in [0.5, 0.6) is 0 Å². The summed E-state index contributed by atoms with van der Waals surface area (Å²) in [6, 6.07) is 0.228. The van der Waals surface area contributed by atoms with Gasteiger partial charge in [0.05, 0.1) is 5.92 Å². The zero-order valence-electron chi connectivity index (χ0n) is 12.3. The van der Waals surface area contributed by atoms with Crippen LogP contribution in [0.25, 0.3) is 0 Å². The zero-order chi connectivity index (χ0) is 14.5. The van der Waals surface area contributed by atoms with Crippen molar-refractivity contribution in [3.05, 3.63) is 0 Å². The molecule has 1 atom stereocenters. The van der Waals surface area contributed by atoms with Gasteiger partial charge < -0.3 is 16.3 Å². The highest BCUT2D eigenvalue weighted by molar-refractivity contribution is 6.02. The molecule has 0 radical (unpaired) electrons. The number of nitrogens with one attached hydrogen (secondary N) is 1. The highest BCUT2D eigenvalue weighted by Gasteiger charge is 2.30. The Morgan fingerprint density at radius 1 is 1.47 bits per heavy atom. The van der Waals surface area contributed by atoms with Crippen molar-refractivity contribution in [2.24, 2.45) is 22.2 Å². The van der Waals surface area contributed by atoms with Crippen molar-refractivity contribution in [2.75, 3.05) is 0 Å². The van der Waals surface area contributed by atoms with E-state index in [0.717, 1.165) is 32.1 Å². The van der Waals surface area contributed by atoms with Gasteiger partial charge in [0.15, 0.2) is 5.84 Å². The summed E-state index contributed by atoms with van der Waals surface area (Å²) in [6.45, 7) is 6.51. The molecule has 1 saturated carbocycles. The molecule has 5 heteroatoms. The van der Waals surface area contributed by atoms with E-state index in [1.807, 2.05) is 6.92 Å². The maximum Gasteiger partial charge on any atom is 0.231 e. The van der Waals surface area contributed by atoms with Gasteiger partial charge in [0.2, 0.25) is 5.91 Å². The Balaban J connectivity index is 2.53. The number of hydrogen-bond acceptors (Lipinski definition) is 3. The summed E-state index contributed by atoms with van der Waals surface area (Å²) in [7, 11) is 0. The lowest BCUT2D eigenvalue weighted by Crippen LogP contribution is -2.45. The van der Waals surface area contributed by atoms with Crippen LogP contribution in [0.4, 0.5) is 0 Å². The van der Waals surface area contributed by atoms with E-state index in [0.29, 0.717) is 11.8 Å². The lowest BCUT2D eigenvalue weighted by atomic mass is 9.75. The van der Waals surface area contributed by atoms with Gasteiger partial charge in [-0.05, 0) is 37.5 Å². The molecule has 4 N–H and O–H groups in total. The van der Waals surface area contributed by atoms with Crippen LogP contribution in [0, 0.1) is 11.3 Å². The van der Waals surface area contributed by atoms with E-state index in [4.69, 9.17) is 10.9 Å². The third-order valence-electron chi connectivity index (χ3n) is 4.05. The van der Waals surface area contributed by atoms with Crippen molar-refractivity contribution in [3.63, 3.8) is 0 Å². The van der Waals surface area contributed by atoms with Crippen LogP contribution in [-0.4, -0.2) is 23.0 Å². The molecule has 1 amide bonds. The fourth-order valence-corrected chi connectivity index (χ4v) is 2.62. The van der Waals surface area contributed by atoms with E-state index in [-0.39, 0.29) is 17.8 Å². The number of amidine groups is 1. The van der Waals surface area contributed by atoms with Crippen LogP contribution in [-0.2, 0) is 4.79 Å². The molecule has 1 fully saturated rings. The fourth-order valence-electron chi connectivity index (χ4n) is 2.62. The molecule has 5 nitrogen and oxygen atoms in total. The number of rotatable bonds is 5. The predicted molar refractivity (Wildman–Crippen MR) is 76.0 cm³/mol. The van der Waals surface area contributed by atoms with Crippen molar-refractivity contribution in [1.29, 1.82) is 0 Å². The maximum atomic E-state index is 12.2. The smallest absolute Gasteiger partial charge is 0.231 e. The Hall–Kier alpha value is -1.26. The van der Waals surface area contributed by atoms with Crippen molar-refractivity contribution in [2.45, 2.75) is 65.3 Å². The fraction of sp³-hybridized carbons (Fsp3) is 0.857. The molecule has 0 heterocycles. The lowest BCUT2D eigenvalue weighted by Gasteiger charge is -2.35. The van der Waals surface area contributed by atoms with E-state index in [1.165, 1.54) is 0 Å². The first-order valence-corrected chi connectivity index (χ1v) is 7.17. The molecule has 1 rings (SSSR count). The van der Waals surface area contributed by atoms with E-state index in [1.54, 1.807) is 0 Å². The summed E-state index contributed by atoms with van der Waals surface area (Å²) in [4.78, 5) is 12.2. The third-order valence-corrected chi connectivity index (χ3v) is 4.05.